The van der Waals surface area contributed by atoms with E-state index in [2.05, 4.69) is 15.3 Å². The van der Waals surface area contributed by atoms with Crippen LogP contribution in [0.1, 0.15) is 23.2 Å². The predicted octanol–water partition coefficient (Wildman–Crippen LogP) is 1.03. The molecule has 1 saturated heterocycles. The van der Waals surface area contributed by atoms with E-state index in [9.17, 15) is 9.59 Å². The zero-order valence-corrected chi connectivity index (χ0v) is 15.8. The van der Waals surface area contributed by atoms with E-state index in [1.54, 1.807) is 29.2 Å². The maximum atomic E-state index is 12.3. The molecular formula is C17H21ClN5O2S+. The zero-order chi connectivity index (χ0) is 18.5. The van der Waals surface area contributed by atoms with Gasteiger partial charge in [0.2, 0.25) is 0 Å². The molecule has 0 spiro atoms. The molecule has 1 fully saturated rings. The molecule has 0 aliphatic carbocycles. The van der Waals surface area contributed by atoms with E-state index in [1.807, 2.05) is 0 Å². The minimum Gasteiger partial charge on any atom is -0.382 e. The van der Waals surface area contributed by atoms with Crippen LogP contribution in [0.2, 0.25) is 5.02 Å². The normalized spacial score (nSPS) is 14.5. The summed E-state index contributed by atoms with van der Waals surface area (Å²) in [5, 5.41) is 3.51. The number of nitrogens with zero attached hydrogens (tertiary/aromatic N) is 1. The van der Waals surface area contributed by atoms with E-state index >= 15 is 0 Å². The molecule has 1 aromatic heterocycles. The maximum absolute atomic E-state index is 12.3. The number of rotatable bonds is 6. The lowest BCUT2D eigenvalue weighted by molar-refractivity contribution is -0.884. The zero-order valence-electron chi connectivity index (χ0n) is 14.2. The van der Waals surface area contributed by atoms with Gasteiger partial charge in [-0.1, -0.05) is 23.4 Å². The Kier molecular flexibility index (Phi) is 6.18. The number of benzene rings is 1. The largest absolute Gasteiger partial charge is 0.382 e. The summed E-state index contributed by atoms with van der Waals surface area (Å²) >= 11 is 7.27. The van der Waals surface area contributed by atoms with Gasteiger partial charge in [0.05, 0.1) is 25.4 Å². The highest BCUT2D eigenvalue weighted by molar-refractivity contribution is 7.99. The molecule has 3 rings (SSSR count). The maximum Gasteiger partial charge on any atom is 0.277 e. The molecule has 1 aliphatic heterocycles. The smallest absolute Gasteiger partial charge is 0.277 e. The lowest BCUT2D eigenvalue weighted by Gasteiger charge is -2.11. The van der Waals surface area contributed by atoms with Crippen LogP contribution in [0, 0.1) is 0 Å². The van der Waals surface area contributed by atoms with Gasteiger partial charge in [0.15, 0.2) is 11.0 Å². The van der Waals surface area contributed by atoms with Crippen LogP contribution < -0.4 is 21.5 Å². The van der Waals surface area contributed by atoms with E-state index in [4.69, 9.17) is 17.3 Å². The number of H-pyrrole nitrogens is 1. The number of hydrogen-bond donors (Lipinski definition) is 4. The van der Waals surface area contributed by atoms with Gasteiger partial charge in [0.1, 0.15) is 5.69 Å². The van der Waals surface area contributed by atoms with Gasteiger partial charge in [0.25, 0.3) is 11.5 Å². The SMILES string of the molecule is Nc1nc(SCC[NH+]2CCCC2)[nH]c(=O)c1NC(=O)c1ccc(Cl)cc1. The van der Waals surface area contributed by atoms with Crippen LogP contribution in [-0.4, -0.2) is 41.3 Å². The van der Waals surface area contributed by atoms with Crippen LogP contribution in [0.25, 0.3) is 0 Å². The first-order valence-electron chi connectivity index (χ1n) is 8.46. The quantitative estimate of drug-likeness (QED) is 0.432. The first kappa shape index (κ1) is 18.8. The fourth-order valence-corrected chi connectivity index (χ4v) is 3.90. The van der Waals surface area contributed by atoms with Crippen molar-refractivity contribution in [3.05, 3.63) is 45.2 Å². The number of hydrogen-bond acceptors (Lipinski definition) is 5. The summed E-state index contributed by atoms with van der Waals surface area (Å²) in [6, 6.07) is 6.34. The van der Waals surface area contributed by atoms with Crippen LogP contribution in [-0.2, 0) is 0 Å². The van der Waals surface area contributed by atoms with Gasteiger partial charge in [-0.25, -0.2) is 4.98 Å². The van der Waals surface area contributed by atoms with Crippen molar-refractivity contribution in [1.82, 2.24) is 9.97 Å². The first-order chi connectivity index (χ1) is 12.5. The minimum atomic E-state index is -0.462. The van der Waals surface area contributed by atoms with Gasteiger partial charge in [0, 0.05) is 23.4 Å². The number of thioether (sulfide) groups is 1. The summed E-state index contributed by atoms with van der Waals surface area (Å²) in [4.78, 5) is 33.0. The molecule has 5 N–H and O–H groups in total. The van der Waals surface area contributed by atoms with E-state index in [0.29, 0.717) is 15.7 Å². The van der Waals surface area contributed by atoms with Crippen molar-refractivity contribution in [2.45, 2.75) is 18.0 Å². The molecule has 0 bridgehead atoms. The van der Waals surface area contributed by atoms with E-state index in [1.165, 1.54) is 37.7 Å². The molecule has 2 heterocycles. The Bertz CT molecular complexity index is 834. The Morgan fingerprint density at radius 1 is 1.31 bits per heavy atom. The van der Waals surface area contributed by atoms with Crippen molar-refractivity contribution in [2.75, 3.05) is 36.4 Å². The molecule has 7 nitrogen and oxygen atoms in total. The second-order valence-corrected chi connectivity index (χ2v) is 7.67. The average molecular weight is 395 g/mol. The van der Waals surface area contributed by atoms with Crippen LogP contribution in [0.4, 0.5) is 11.5 Å². The highest BCUT2D eigenvalue weighted by Crippen LogP contribution is 2.17. The lowest BCUT2D eigenvalue weighted by Crippen LogP contribution is -3.10. The fraction of sp³-hybridized carbons (Fsp3) is 0.353. The third kappa shape index (κ3) is 4.78. The van der Waals surface area contributed by atoms with Crippen molar-refractivity contribution in [3.63, 3.8) is 0 Å². The van der Waals surface area contributed by atoms with Crippen molar-refractivity contribution in [2.24, 2.45) is 0 Å². The monoisotopic (exact) mass is 394 g/mol. The summed E-state index contributed by atoms with van der Waals surface area (Å²) in [5.41, 5.74) is 5.75. The van der Waals surface area contributed by atoms with E-state index in [0.717, 1.165) is 12.3 Å². The molecule has 138 valence electrons. The molecule has 0 saturated carbocycles. The lowest BCUT2D eigenvalue weighted by atomic mass is 10.2. The second-order valence-electron chi connectivity index (χ2n) is 6.15. The topological polar surface area (TPSA) is 105 Å². The number of nitrogens with one attached hydrogen (secondary N) is 3. The number of carbonyl (C=O) groups is 1. The summed E-state index contributed by atoms with van der Waals surface area (Å²) in [7, 11) is 0. The predicted molar refractivity (Wildman–Crippen MR) is 104 cm³/mol. The number of aromatic amines is 1. The highest BCUT2D eigenvalue weighted by atomic mass is 35.5. The van der Waals surface area contributed by atoms with E-state index < -0.39 is 11.5 Å². The number of likely N-dealkylation sites (tertiary alicyclic amines) is 1. The summed E-state index contributed by atoms with van der Waals surface area (Å²) in [6.07, 6.45) is 2.56. The van der Waals surface area contributed by atoms with Gasteiger partial charge in [-0.2, -0.15) is 0 Å². The number of halogens is 1. The Balaban J connectivity index is 1.63. The second kappa shape index (κ2) is 8.57. The third-order valence-corrected chi connectivity index (χ3v) is 5.40. The number of amides is 1. The van der Waals surface area contributed by atoms with Crippen molar-refractivity contribution < 1.29 is 9.69 Å². The molecule has 9 heteroatoms. The van der Waals surface area contributed by atoms with Crippen LogP contribution in [0.5, 0.6) is 0 Å². The Morgan fingerprint density at radius 3 is 2.65 bits per heavy atom. The number of nitrogen functional groups attached to an aromatic ring is 1. The molecule has 1 aliphatic rings. The fourth-order valence-electron chi connectivity index (χ4n) is 2.86. The Hall–Kier alpha value is -2.03. The molecule has 0 unspecified atom stereocenters. The summed E-state index contributed by atoms with van der Waals surface area (Å²) in [6.45, 7) is 3.45. The van der Waals surface area contributed by atoms with Gasteiger partial charge in [-0.05, 0) is 24.3 Å². The van der Waals surface area contributed by atoms with Gasteiger partial charge >= 0.3 is 0 Å². The minimum absolute atomic E-state index is 0.00656. The van der Waals surface area contributed by atoms with Crippen molar-refractivity contribution >= 4 is 40.8 Å². The molecular weight excluding hydrogens is 374 g/mol. The van der Waals surface area contributed by atoms with Crippen LogP contribution in [0.3, 0.4) is 0 Å². The number of aromatic nitrogens is 2. The number of nitrogens with two attached hydrogens (primary N) is 1. The first-order valence-corrected chi connectivity index (χ1v) is 9.82. The summed E-state index contributed by atoms with van der Waals surface area (Å²) in [5.74, 6) is 0.416. The van der Waals surface area contributed by atoms with Gasteiger partial charge < -0.3 is 16.0 Å². The highest BCUT2D eigenvalue weighted by Gasteiger charge is 2.16. The van der Waals surface area contributed by atoms with Crippen LogP contribution >= 0.6 is 23.4 Å². The van der Waals surface area contributed by atoms with Gasteiger partial charge in [-0.3, -0.25) is 14.6 Å². The third-order valence-electron chi connectivity index (χ3n) is 4.28. The van der Waals surface area contributed by atoms with Crippen LogP contribution in [0.15, 0.2) is 34.2 Å². The van der Waals surface area contributed by atoms with Crippen molar-refractivity contribution in [1.29, 1.82) is 0 Å². The average Bonchev–Trinajstić information content (AvgIpc) is 3.12. The molecule has 1 aromatic carbocycles. The standard InChI is InChI=1S/C17H20ClN5O2S/c18-12-5-3-11(4-6-12)15(24)20-13-14(19)21-17(22-16(13)25)26-10-9-23-7-1-2-8-23/h3-6H,1-2,7-10H2,(H,20,24)(H3,19,21,22,25)/p+1. The number of quaternary nitrogens is 1. The molecule has 1 amide bonds. The van der Waals surface area contributed by atoms with E-state index in [-0.39, 0.29) is 11.5 Å². The Labute approximate surface area is 160 Å². The molecule has 0 radical (unpaired) electrons. The Morgan fingerprint density at radius 2 is 2.00 bits per heavy atom. The molecule has 26 heavy (non-hydrogen) atoms. The van der Waals surface area contributed by atoms with Crippen molar-refractivity contribution in [3.8, 4) is 0 Å². The van der Waals surface area contributed by atoms with Gasteiger partial charge in [-0.15, -0.1) is 0 Å². The number of anilines is 2. The molecule has 2 aromatic rings. The number of carbonyl (C=O) groups excluding carboxylic acids is 1. The summed E-state index contributed by atoms with van der Waals surface area (Å²) < 4.78 is 0. The molecule has 0 atom stereocenters.